The summed E-state index contributed by atoms with van der Waals surface area (Å²) in [6, 6.07) is 0. The van der Waals surface area contributed by atoms with Gasteiger partial charge in [0.15, 0.2) is 4.33 Å². The van der Waals surface area contributed by atoms with Crippen LogP contribution in [0.5, 0.6) is 0 Å². The van der Waals surface area contributed by atoms with Crippen molar-refractivity contribution in [3.63, 3.8) is 0 Å². The maximum atomic E-state index is 6.87. The number of allylic oxidation sites excluding steroid dienone is 2. The molecule has 4 bridgehead atoms. The fourth-order valence-corrected chi connectivity index (χ4v) is 9.93. The molecule has 0 N–H and O–H groups in total. The molecule has 0 spiro atoms. The number of hydrogen-bond acceptors (Lipinski definition) is 0. The Morgan fingerprint density at radius 1 is 0.800 bits per heavy atom. The van der Waals surface area contributed by atoms with Crippen LogP contribution in [0.3, 0.4) is 0 Å². The van der Waals surface area contributed by atoms with Gasteiger partial charge in [-0.05, 0) is 30.1 Å². The van der Waals surface area contributed by atoms with Gasteiger partial charge in [0.2, 0.25) is 0 Å². The lowest BCUT2D eigenvalue weighted by Crippen LogP contribution is -2.46. The number of alkyl halides is 6. The highest BCUT2D eigenvalue weighted by Gasteiger charge is 2.87. The molecule has 0 amide bonds. The van der Waals surface area contributed by atoms with Crippen LogP contribution in [0.1, 0.15) is 6.42 Å². The van der Waals surface area contributed by atoms with Crippen molar-refractivity contribution >= 4 is 101 Å². The predicted octanol–water partition coefficient (Wildman–Crippen LogP) is 6.24. The second-order valence-corrected chi connectivity index (χ2v) is 11.5. The summed E-state index contributed by atoms with van der Waals surface area (Å²) in [5, 5.41) is 0.640. The highest BCUT2D eigenvalue weighted by atomic mass is 79.9. The molecule has 3 saturated carbocycles. The molecule has 112 valence electrons. The normalized spacial score (nSPS) is 62.4. The van der Waals surface area contributed by atoms with Crippen LogP contribution in [0, 0.1) is 23.7 Å². The lowest BCUT2D eigenvalue weighted by Gasteiger charge is -2.43. The molecule has 0 radical (unpaired) electrons. The van der Waals surface area contributed by atoms with Crippen LogP contribution in [-0.2, 0) is 0 Å². The SMILES string of the molecule is ClC1=C(Cl)[C@@]2(Cl)[C@@H]3[C@H]4C[C@@H]([C@H](Br)[C@@H]4Br)[C@H]3[C@@]1(Cl)C2(Cl)Cl. The van der Waals surface area contributed by atoms with E-state index >= 15 is 0 Å². The third-order valence-corrected chi connectivity index (χ3v) is 13.1. The minimum Gasteiger partial charge on any atom is -0.109 e. The summed E-state index contributed by atoms with van der Waals surface area (Å²) >= 11 is 47.3. The summed E-state index contributed by atoms with van der Waals surface area (Å²) in [6.07, 6.45) is 1.03. The van der Waals surface area contributed by atoms with Crippen molar-refractivity contribution in [3.8, 4) is 0 Å². The lowest BCUT2D eigenvalue weighted by atomic mass is 9.72. The molecule has 0 aromatic carbocycles. The van der Waals surface area contributed by atoms with Crippen LogP contribution in [0.25, 0.3) is 0 Å². The zero-order chi connectivity index (χ0) is 14.8. The van der Waals surface area contributed by atoms with Crippen LogP contribution in [0.2, 0.25) is 0 Å². The maximum absolute atomic E-state index is 6.87. The molecular formula is C12H8Br2Cl6. The summed E-state index contributed by atoms with van der Waals surface area (Å²) in [5.74, 6) is 0.746. The number of rotatable bonds is 0. The Bertz CT molecular complexity index is 506. The van der Waals surface area contributed by atoms with E-state index < -0.39 is 14.1 Å². The van der Waals surface area contributed by atoms with Crippen molar-refractivity contribution in [2.24, 2.45) is 23.7 Å². The highest BCUT2D eigenvalue weighted by molar-refractivity contribution is 9.12. The Kier molecular flexibility index (Phi) is 3.46. The van der Waals surface area contributed by atoms with Gasteiger partial charge in [0, 0.05) is 9.65 Å². The minimum absolute atomic E-state index is 0.0369. The van der Waals surface area contributed by atoms with E-state index in [1.165, 1.54) is 0 Å². The van der Waals surface area contributed by atoms with Crippen LogP contribution >= 0.6 is 101 Å². The molecule has 0 unspecified atom stereocenters. The van der Waals surface area contributed by atoms with E-state index in [0.717, 1.165) is 6.42 Å². The molecule has 8 heteroatoms. The van der Waals surface area contributed by atoms with Crippen molar-refractivity contribution in [2.75, 3.05) is 0 Å². The van der Waals surface area contributed by atoms with Crippen molar-refractivity contribution in [1.82, 2.24) is 0 Å². The van der Waals surface area contributed by atoms with E-state index in [1.54, 1.807) is 0 Å². The molecule has 4 rings (SSSR count). The molecular weight excluding hydrogens is 517 g/mol. The summed E-state index contributed by atoms with van der Waals surface area (Å²) in [5.41, 5.74) is 0. The summed E-state index contributed by atoms with van der Waals surface area (Å²) < 4.78 is -1.40. The van der Waals surface area contributed by atoms with Gasteiger partial charge in [0.05, 0.1) is 10.1 Å². The fraction of sp³-hybridized carbons (Fsp3) is 0.833. The van der Waals surface area contributed by atoms with Gasteiger partial charge >= 0.3 is 0 Å². The van der Waals surface area contributed by atoms with Gasteiger partial charge in [-0.25, -0.2) is 0 Å². The van der Waals surface area contributed by atoms with E-state index in [9.17, 15) is 0 Å². The lowest BCUT2D eigenvalue weighted by molar-refractivity contribution is 0.233. The minimum atomic E-state index is -1.40. The van der Waals surface area contributed by atoms with Crippen LogP contribution in [0.4, 0.5) is 0 Å². The Balaban J connectivity index is 1.98. The Hall–Kier alpha value is 2.44. The van der Waals surface area contributed by atoms with E-state index in [2.05, 4.69) is 31.9 Å². The molecule has 0 aromatic rings. The predicted molar refractivity (Wildman–Crippen MR) is 94.3 cm³/mol. The zero-order valence-corrected chi connectivity index (χ0v) is 17.4. The zero-order valence-electron chi connectivity index (χ0n) is 9.69. The topological polar surface area (TPSA) is 0 Å². The van der Waals surface area contributed by atoms with Gasteiger partial charge in [-0.15, -0.1) is 23.2 Å². The van der Waals surface area contributed by atoms with E-state index in [4.69, 9.17) is 69.6 Å². The molecule has 0 saturated heterocycles. The quantitative estimate of drug-likeness (QED) is 0.260. The first-order valence-corrected chi connectivity index (χ1v) is 10.3. The Labute approximate surface area is 164 Å². The first-order chi connectivity index (χ1) is 9.11. The van der Waals surface area contributed by atoms with Gasteiger partial charge in [-0.2, -0.15) is 0 Å². The average molecular weight is 525 g/mol. The van der Waals surface area contributed by atoms with E-state index in [1.807, 2.05) is 0 Å². The number of halogens is 8. The van der Waals surface area contributed by atoms with Crippen LogP contribution in [-0.4, -0.2) is 23.7 Å². The van der Waals surface area contributed by atoms with Gasteiger partial charge in [-0.3, -0.25) is 0 Å². The molecule has 0 nitrogen and oxygen atoms in total. The average Bonchev–Trinajstić information content (AvgIpc) is 2.97. The first kappa shape index (κ1) is 15.9. The van der Waals surface area contributed by atoms with Crippen molar-refractivity contribution in [3.05, 3.63) is 10.1 Å². The Morgan fingerprint density at radius 3 is 1.50 bits per heavy atom. The van der Waals surface area contributed by atoms with Gasteiger partial charge in [0.25, 0.3) is 0 Å². The highest BCUT2D eigenvalue weighted by Crippen LogP contribution is 2.83. The second-order valence-electron chi connectivity index (χ2n) is 6.13. The molecule has 8 atom stereocenters. The fourth-order valence-electron chi connectivity index (χ4n) is 4.92. The molecule has 0 aromatic heterocycles. The van der Waals surface area contributed by atoms with Crippen molar-refractivity contribution < 1.29 is 0 Å². The van der Waals surface area contributed by atoms with Crippen molar-refractivity contribution in [2.45, 2.75) is 30.2 Å². The first-order valence-electron chi connectivity index (χ1n) is 6.21. The summed E-state index contributed by atoms with van der Waals surface area (Å²) in [7, 11) is 0. The molecule has 3 fully saturated rings. The maximum Gasteiger partial charge on any atom is 0.166 e. The Morgan fingerprint density at radius 2 is 1.15 bits per heavy atom. The standard InChI is InChI=1S/C12H8Br2Cl6/c13-6-2-1-3(7(6)14)5-4(2)10(17)8(15)9(16)11(5,18)12(10,19)20/h2-7H,1H2/t2-,3-,4-,5-,6-,7+,10+,11+/m1/s1. The molecule has 0 aliphatic heterocycles. The molecule has 20 heavy (non-hydrogen) atoms. The third kappa shape index (κ3) is 1.32. The molecule has 0 heterocycles. The number of fused-ring (bicyclic) bond motifs is 9. The monoisotopic (exact) mass is 520 g/mol. The van der Waals surface area contributed by atoms with Gasteiger partial charge < -0.3 is 0 Å². The van der Waals surface area contributed by atoms with E-state index in [-0.39, 0.29) is 11.8 Å². The van der Waals surface area contributed by atoms with Crippen LogP contribution in [0.15, 0.2) is 10.1 Å². The summed E-state index contributed by atoms with van der Waals surface area (Å²) in [4.78, 5) is -1.56. The second kappa shape index (κ2) is 4.34. The third-order valence-electron chi connectivity index (χ3n) is 5.64. The van der Waals surface area contributed by atoms with Crippen LogP contribution < -0.4 is 0 Å². The number of hydrogen-bond donors (Lipinski definition) is 0. The van der Waals surface area contributed by atoms with Gasteiger partial charge in [0.1, 0.15) is 9.75 Å². The smallest absolute Gasteiger partial charge is 0.109 e. The summed E-state index contributed by atoms with van der Waals surface area (Å²) in [6.45, 7) is 0. The molecule has 4 aliphatic rings. The largest absolute Gasteiger partial charge is 0.166 e. The molecule has 4 aliphatic carbocycles. The van der Waals surface area contributed by atoms with E-state index in [0.29, 0.717) is 31.6 Å². The van der Waals surface area contributed by atoms with Gasteiger partial charge in [-0.1, -0.05) is 78.3 Å². The van der Waals surface area contributed by atoms with Crippen molar-refractivity contribution in [1.29, 1.82) is 0 Å².